The number of ether oxygens (including phenoxy) is 1. The fourth-order valence-corrected chi connectivity index (χ4v) is 3.96. The molecule has 1 aliphatic heterocycles. The van der Waals surface area contributed by atoms with Crippen molar-refractivity contribution < 1.29 is 17.9 Å². The van der Waals surface area contributed by atoms with Crippen LogP contribution in [0.15, 0.2) is 58.5 Å². The van der Waals surface area contributed by atoms with E-state index in [1.54, 1.807) is 12.1 Å². The van der Waals surface area contributed by atoms with Gasteiger partial charge in [-0.05, 0) is 54.8 Å². The van der Waals surface area contributed by atoms with Gasteiger partial charge >= 0.3 is 6.18 Å². The average molecular weight is 481 g/mol. The van der Waals surface area contributed by atoms with Crippen molar-refractivity contribution in [1.29, 1.82) is 0 Å². The highest BCUT2D eigenvalue weighted by Crippen LogP contribution is 2.35. The number of amidine groups is 1. The van der Waals surface area contributed by atoms with Gasteiger partial charge in [0.15, 0.2) is 0 Å². The topological polar surface area (TPSA) is 86.0 Å². The van der Waals surface area contributed by atoms with E-state index in [2.05, 4.69) is 9.98 Å². The fraction of sp³-hybridized carbons (Fsp3) is 0.417. The van der Waals surface area contributed by atoms with Crippen LogP contribution in [0.2, 0.25) is 5.02 Å². The van der Waals surface area contributed by atoms with Crippen LogP contribution < -0.4 is 16.2 Å². The van der Waals surface area contributed by atoms with E-state index in [0.717, 1.165) is 56.4 Å². The number of nitrogens with zero attached hydrogens (tertiary/aromatic N) is 2. The second kappa shape index (κ2) is 11.4. The molecule has 0 spiro atoms. The SMILES string of the molecule is NC1=NC(c2ccc(C(F)(F)F)cc2)C(CCCCCCCOc2ccc(Cl)cc2)C(N)=N1. The molecule has 0 saturated carbocycles. The van der Waals surface area contributed by atoms with E-state index < -0.39 is 17.8 Å². The summed E-state index contributed by atoms with van der Waals surface area (Å²) in [5.41, 5.74) is 11.8. The zero-order valence-corrected chi connectivity index (χ0v) is 18.9. The molecule has 178 valence electrons. The molecule has 1 heterocycles. The number of alkyl halides is 3. The number of rotatable bonds is 10. The van der Waals surface area contributed by atoms with E-state index in [0.29, 0.717) is 23.0 Å². The van der Waals surface area contributed by atoms with Crippen LogP contribution in [0.3, 0.4) is 0 Å². The van der Waals surface area contributed by atoms with Gasteiger partial charge in [-0.3, -0.25) is 0 Å². The van der Waals surface area contributed by atoms with Gasteiger partial charge in [-0.25, -0.2) is 9.98 Å². The molecule has 33 heavy (non-hydrogen) atoms. The number of nitrogens with two attached hydrogens (primary N) is 2. The van der Waals surface area contributed by atoms with Gasteiger partial charge in [-0.1, -0.05) is 49.4 Å². The van der Waals surface area contributed by atoms with Crippen LogP contribution in [0.1, 0.15) is 55.7 Å². The molecule has 0 fully saturated rings. The summed E-state index contributed by atoms with van der Waals surface area (Å²) in [6.45, 7) is 0.647. The van der Waals surface area contributed by atoms with E-state index in [-0.39, 0.29) is 11.9 Å². The molecule has 1 aliphatic rings. The normalized spacial score (nSPS) is 18.5. The van der Waals surface area contributed by atoms with Gasteiger partial charge in [0, 0.05) is 10.9 Å². The molecular weight excluding hydrogens is 453 g/mol. The van der Waals surface area contributed by atoms with Gasteiger partial charge in [0.1, 0.15) is 11.6 Å². The number of benzene rings is 2. The van der Waals surface area contributed by atoms with Crippen LogP contribution in [-0.4, -0.2) is 18.4 Å². The lowest BCUT2D eigenvalue weighted by atomic mass is 9.87. The summed E-state index contributed by atoms with van der Waals surface area (Å²) in [5, 5.41) is 0.680. The molecule has 0 aromatic heterocycles. The Labute approximate surface area is 196 Å². The lowest BCUT2D eigenvalue weighted by molar-refractivity contribution is -0.137. The molecule has 5 nitrogen and oxygen atoms in total. The number of hydrogen-bond acceptors (Lipinski definition) is 5. The van der Waals surface area contributed by atoms with Crippen molar-refractivity contribution in [1.82, 2.24) is 0 Å². The Morgan fingerprint density at radius 2 is 1.52 bits per heavy atom. The molecule has 0 saturated heterocycles. The second-order valence-corrected chi connectivity index (χ2v) is 8.49. The minimum atomic E-state index is -4.38. The van der Waals surface area contributed by atoms with E-state index in [1.807, 2.05) is 12.1 Å². The van der Waals surface area contributed by atoms with Gasteiger partial charge < -0.3 is 16.2 Å². The summed E-state index contributed by atoms with van der Waals surface area (Å²) in [6.07, 6.45) is 1.30. The molecule has 0 bridgehead atoms. The Kier molecular flexibility index (Phi) is 8.61. The Balaban J connectivity index is 1.44. The molecule has 2 aromatic carbocycles. The third kappa shape index (κ3) is 7.39. The minimum absolute atomic E-state index is 0.0503. The summed E-state index contributed by atoms with van der Waals surface area (Å²) in [6, 6.07) is 11.9. The quantitative estimate of drug-likeness (QED) is 0.401. The van der Waals surface area contributed by atoms with Crippen LogP contribution in [0.25, 0.3) is 0 Å². The van der Waals surface area contributed by atoms with E-state index in [1.165, 1.54) is 12.1 Å². The molecule has 2 unspecified atom stereocenters. The van der Waals surface area contributed by atoms with Gasteiger partial charge in [-0.15, -0.1) is 0 Å². The number of hydrogen-bond donors (Lipinski definition) is 2. The number of aliphatic imine (C=N–C) groups is 2. The summed E-state index contributed by atoms with van der Waals surface area (Å²) < 4.78 is 44.3. The van der Waals surface area contributed by atoms with Gasteiger partial charge in [0.05, 0.1) is 18.2 Å². The zero-order valence-electron chi connectivity index (χ0n) is 18.2. The van der Waals surface area contributed by atoms with Crippen molar-refractivity contribution >= 4 is 23.4 Å². The Bertz CT molecular complexity index is 959. The third-order valence-electron chi connectivity index (χ3n) is 5.60. The Morgan fingerprint density at radius 3 is 2.18 bits per heavy atom. The molecule has 0 amide bonds. The van der Waals surface area contributed by atoms with Crippen molar-refractivity contribution in [3.63, 3.8) is 0 Å². The van der Waals surface area contributed by atoms with E-state index >= 15 is 0 Å². The maximum absolute atomic E-state index is 12.9. The van der Waals surface area contributed by atoms with E-state index in [9.17, 15) is 13.2 Å². The zero-order chi connectivity index (χ0) is 23.8. The highest BCUT2D eigenvalue weighted by Gasteiger charge is 2.32. The highest BCUT2D eigenvalue weighted by molar-refractivity contribution is 6.30. The van der Waals surface area contributed by atoms with Crippen molar-refractivity contribution in [2.75, 3.05) is 6.61 Å². The fourth-order valence-electron chi connectivity index (χ4n) is 3.84. The van der Waals surface area contributed by atoms with Crippen molar-refractivity contribution in [3.8, 4) is 5.75 Å². The van der Waals surface area contributed by atoms with Crippen molar-refractivity contribution in [3.05, 3.63) is 64.7 Å². The summed E-state index contributed by atoms with van der Waals surface area (Å²) in [4.78, 5) is 8.46. The third-order valence-corrected chi connectivity index (χ3v) is 5.85. The lowest BCUT2D eigenvalue weighted by Gasteiger charge is -2.27. The average Bonchev–Trinajstić information content (AvgIpc) is 2.77. The molecule has 9 heteroatoms. The minimum Gasteiger partial charge on any atom is -0.494 e. The number of halogens is 4. The monoisotopic (exact) mass is 480 g/mol. The standard InChI is InChI=1S/C24H28ClF3N4O/c25-18-11-13-19(14-12-18)33-15-5-3-1-2-4-6-20-21(31-23(30)32-22(20)29)16-7-9-17(10-8-16)24(26,27)28/h7-14,20-21H,1-6,15H2,(H4,29,30,31,32). The summed E-state index contributed by atoms with van der Waals surface area (Å²) in [7, 11) is 0. The first-order valence-electron chi connectivity index (χ1n) is 11.0. The molecule has 0 aliphatic carbocycles. The summed E-state index contributed by atoms with van der Waals surface area (Å²) >= 11 is 5.86. The molecular formula is C24H28ClF3N4O. The van der Waals surface area contributed by atoms with E-state index in [4.69, 9.17) is 27.8 Å². The molecule has 0 radical (unpaired) electrons. The van der Waals surface area contributed by atoms with Gasteiger partial charge in [0.2, 0.25) is 5.96 Å². The smallest absolute Gasteiger partial charge is 0.416 e. The first-order chi connectivity index (χ1) is 15.7. The van der Waals surface area contributed by atoms with Crippen LogP contribution in [0, 0.1) is 5.92 Å². The molecule has 2 atom stereocenters. The first kappa shape index (κ1) is 24.9. The largest absolute Gasteiger partial charge is 0.494 e. The van der Waals surface area contributed by atoms with Gasteiger partial charge in [-0.2, -0.15) is 13.2 Å². The predicted octanol–water partition coefficient (Wildman–Crippen LogP) is 6.12. The van der Waals surface area contributed by atoms with Gasteiger partial charge in [0.25, 0.3) is 0 Å². The first-order valence-corrected chi connectivity index (χ1v) is 11.3. The molecule has 2 aromatic rings. The Hall–Kier alpha value is -2.74. The second-order valence-electron chi connectivity index (χ2n) is 8.05. The summed E-state index contributed by atoms with van der Waals surface area (Å²) in [5.74, 6) is 1.04. The molecule has 4 N–H and O–H groups in total. The number of unbranched alkanes of at least 4 members (excludes halogenated alkanes) is 4. The van der Waals surface area contributed by atoms with Crippen molar-refractivity contribution in [2.45, 2.75) is 50.7 Å². The lowest BCUT2D eigenvalue weighted by Crippen LogP contribution is -2.35. The maximum atomic E-state index is 12.9. The Morgan fingerprint density at radius 1 is 0.879 bits per heavy atom. The van der Waals surface area contributed by atoms with Crippen molar-refractivity contribution in [2.24, 2.45) is 27.4 Å². The highest BCUT2D eigenvalue weighted by atomic mass is 35.5. The van der Waals surface area contributed by atoms with Crippen LogP contribution in [0.4, 0.5) is 13.2 Å². The predicted molar refractivity (Wildman–Crippen MR) is 126 cm³/mol. The molecule has 3 rings (SSSR count). The van der Waals surface area contributed by atoms with Crippen LogP contribution >= 0.6 is 11.6 Å². The van der Waals surface area contributed by atoms with Crippen LogP contribution in [0.5, 0.6) is 5.75 Å². The maximum Gasteiger partial charge on any atom is 0.416 e. The number of guanidine groups is 1. The van der Waals surface area contributed by atoms with Crippen LogP contribution in [-0.2, 0) is 6.18 Å².